The molecule has 1 N–H and O–H groups in total. The highest BCUT2D eigenvalue weighted by Gasteiger charge is 2.30. The van der Waals surface area contributed by atoms with E-state index in [9.17, 15) is 14.7 Å². The molecule has 0 aromatic heterocycles. The molecule has 0 aliphatic rings. The van der Waals surface area contributed by atoms with Crippen LogP contribution in [0, 0.1) is 5.92 Å². The summed E-state index contributed by atoms with van der Waals surface area (Å²) >= 11 is 23.5. The van der Waals surface area contributed by atoms with Crippen molar-refractivity contribution in [2.45, 2.75) is 26.7 Å². The smallest absolute Gasteiger partial charge is 0.340 e. The average molecular weight is 388 g/mol. The molecule has 0 saturated heterocycles. The lowest BCUT2D eigenvalue weighted by Crippen LogP contribution is -2.17. The number of aromatic carboxylic acids is 1. The quantitative estimate of drug-likeness (QED) is 0.392. The predicted molar refractivity (Wildman–Crippen MR) is 87.8 cm³/mol. The van der Waals surface area contributed by atoms with E-state index in [2.05, 4.69) is 0 Å². The van der Waals surface area contributed by atoms with Crippen LogP contribution in [-0.4, -0.2) is 23.7 Å². The van der Waals surface area contributed by atoms with Crippen LogP contribution in [0.25, 0.3) is 0 Å². The Hall–Kier alpha value is -0.680. The van der Waals surface area contributed by atoms with E-state index in [1.54, 1.807) is 0 Å². The molecule has 0 bridgehead atoms. The third kappa shape index (κ3) is 3.99. The highest BCUT2D eigenvalue weighted by Crippen LogP contribution is 2.41. The first-order chi connectivity index (χ1) is 10.3. The highest BCUT2D eigenvalue weighted by atomic mass is 35.5. The van der Waals surface area contributed by atoms with Gasteiger partial charge in [-0.1, -0.05) is 73.1 Å². The summed E-state index contributed by atoms with van der Waals surface area (Å²) in [5, 5.41) is 8.21. The monoisotopic (exact) mass is 386 g/mol. The fourth-order valence-corrected chi connectivity index (χ4v) is 2.82. The minimum Gasteiger partial charge on any atom is -0.478 e. The van der Waals surface area contributed by atoms with Crippen molar-refractivity contribution >= 4 is 58.3 Å². The number of carboxylic acid groups (broad SMARTS) is 1. The van der Waals surface area contributed by atoms with Crippen LogP contribution in [0.1, 0.15) is 47.4 Å². The van der Waals surface area contributed by atoms with E-state index in [1.165, 1.54) is 0 Å². The van der Waals surface area contributed by atoms with Gasteiger partial charge in [0.15, 0.2) is 0 Å². The van der Waals surface area contributed by atoms with Crippen LogP contribution >= 0.6 is 46.4 Å². The molecule has 4 nitrogen and oxygen atoms in total. The van der Waals surface area contributed by atoms with E-state index < -0.39 is 17.5 Å². The van der Waals surface area contributed by atoms with Crippen LogP contribution in [0.2, 0.25) is 20.1 Å². The maximum absolute atomic E-state index is 12.2. The summed E-state index contributed by atoms with van der Waals surface area (Å²) in [5.41, 5.74) is -0.907. The van der Waals surface area contributed by atoms with Gasteiger partial charge in [0, 0.05) is 0 Å². The van der Waals surface area contributed by atoms with Gasteiger partial charge in [-0.3, -0.25) is 0 Å². The number of hydrogen-bond acceptors (Lipinski definition) is 3. The van der Waals surface area contributed by atoms with Crippen molar-refractivity contribution in [3.8, 4) is 0 Å². The molecule has 0 heterocycles. The van der Waals surface area contributed by atoms with Gasteiger partial charge < -0.3 is 9.84 Å². The molecule has 1 aromatic carbocycles. The van der Waals surface area contributed by atoms with Gasteiger partial charge in [0.2, 0.25) is 0 Å². The summed E-state index contributed by atoms with van der Waals surface area (Å²) in [6.45, 7) is 4.08. The normalized spacial score (nSPS) is 10.9. The number of rotatable bonds is 6. The third-order valence-electron chi connectivity index (χ3n) is 3.29. The van der Waals surface area contributed by atoms with Crippen LogP contribution in [0.5, 0.6) is 0 Å². The molecule has 1 rings (SSSR count). The summed E-state index contributed by atoms with van der Waals surface area (Å²) in [4.78, 5) is 23.6. The van der Waals surface area contributed by atoms with Crippen molar-refractivity contribution in [3.05, 3.63) is 31.2 Å². The Morgan fingerprint density at radius 1 is 0.955 bits per heavy atom. The van der Waals surface area contributed by atoms with Crippen molar-refractivity contribution in [1.82, 2.24) is 0 Å². The van der Waals surface area contributed by atoms with Crippen LogP contribution in [0.4, 0.5) is 0 Å². The molecule has 0 unspecified atom stereocenters. The molecule has 0 radical (unpaired) electrons. The first-order valence-corrected chi connectivity index (χ1v) is 8.03. The molecule has 0 saturated carbocycles. The van der Waals surface area contributed by atoms with Crippen molar-refractivity contribution < 1.29 is 19.4 Å². The van der Waals surface area contributed by atoms with Crippen LogP contribution < -0.4 is 0 Å². The molecular formula is C14H14Cl4O4. The largest absolute Gasteiger partial charge is 0.478 e. The first-order valence-electron chi connectivity index (χ1n) is 6.52. The van der Waals surface area contributed by atoms with Crippen LogP contribution in [0.3, 0.4) is 0 Å². The molecule has 0 amide bonds. The number of ether oxygens (including phenoxy) is 1. The Bertz CT molecular complexity index is 597. The number of carbonyl (C=O) groups is 2. The molecule has 0 fully saturated rings. The molecule has 0 atom stereocenters. The van der Waals surface area contributed by atoms with Gasteiger partial charge in [0.25, 0.3) is 0 Å². The number of esters is 1. The van der Waals surface area contributed by atoms with Gasteiger partial charge in [-0.05, 0) is 5.92 Å². The van der Waals surface area contributed by atoms with Gasteiger partial charge >= 0.3 is 11.9 Å². The van der Waals surface area contributed by atoms with E-state index in [1.807, 2.05) is 13.8 Å². The zero-order valence-corrected chi connectivity index (χ0v) is 14.9. The Kier molecular flexibility index (Phi) is 7.26. The van der Waals surface area contributed by atoms with E-state index in [0.717, 1.165) is 12.8 Å². The van der Waals surface area contributed by atoms with Gasteiger partial charge in [0.1, 0.15) is 0 Å². The molecule has 0 spiro atoms. The molecular weight excluding hydrogens is 374 g/mol. The van der Waals surface area contributed by atoms with E-state index >= 15 is 0 Å². The molecule has 22 heavy (non-hydrogen) atoms. The molecule has 122 valence electrons. The number of halogens is 4. The van der Waals surface area contributed by atoms with Gasteiger partial charge in [-0.2, -0.15) is 0 Å². The standard InChI is InChI=1S/C14H14Cl4O4/c1-3-6(4-2)5-22-14(21)8-7(13(19)20)9(15)11(17)12(18)10(8)16/h6H,3-5H2,1-2H3,(H,19,20). The van der Waals surface area contributed by atoms with E-state index in [4.69, 9.17) is 51.1 Å². The van der Waals surface area contributed by atoms with E-state index in [0.29, 0.717) is 0 Å². The Morgan fingerprint density at radius 3 is 1.82 bits per heavy atom. The maximum atomic E-state index is 12.2. The number of carbonyl (C=O) groups excluding carboxylic acids is 1. The van der Waals surface area contributed by atoms with Crippen molar-refractivity contribution in [2.24, 2.45) is 5.92 Å². The second-order valence-corrected chi connectivity index (χ2v) is 6.10. The summed E-state index contributed by atoms with van der Waals surface area (Å²) in [7, 11) is 0. The lowest BCUT2D eigenvalue weighted by molar-refractivity contribution is 0.0425. The fraction of sp³-hybridized carbons (Fsp3) is 0.429. The highest BCUT2D eigenvalue weighted by molar-refractivity contribution is 6.54. The zero-order chi connectivity index (χ0) is 17.0. The van der Waals surface area contributed by atoms with Gasteiger partial charge in [-0.25, -0.2) is 9.59 Å². The minimum atomic E-state index is -1.44. The second kappa shape index (κ2) is 8.25. The Morgan fingerprint density at radius 2 is 1.41 bits per heavy atom. The molecule has 0 aliphatic carbocycles. The first kappa shape index (κ1) is 19.4. The lowest BCUT2D eigenvalue weighted by Gasteiger charge is -2.16. The zero-order valence-electron chi connectivity index (χ0n) is 11.9. The molecule has 0 aliphatic heterocycles. The van der Waals surface area contributed by atoms with Crippen LogP contribution in [0.15, 0.2) is 0 Å². The summed E-state index contributed by atoms with van der Waals surface area (Å²) in [6, 6.07) is 0. The van der Waals surface area contributed by atoms with Crippen molar-refractivity contribution in [2.75, 3.05) is 6.61 Å². The van der Waals surface area contributed by atoms with Gasteiger partial charge in [0.05, 0.1) is 37.8 Å². The third-order valence-corrected chi connectivity index (χ3v) is 5.09. The van der Waals surface area contributed by atoms with E-state index in [-0.39, 0.29) is 38.2 Å². The molecule has 1 aromatic rings. The average Bonchev–Trinajstić information content (AvgIpc) is 2.48. The maximum Gasteiger partial charge on any atom is 0.340 e. The number of hydrogen-bond donors (Lipinski definition) is 1. The van der Waals surface area contributed by atoms with Gasteiger partial charge in [-0.15, -0.1) is 0 Å². The Labute approximate surface area is 148 Å². The summed E-state index contributed by atoms with van der Waals surface area (Å²) < 4.78 is 5.15. The topological polar surface area (TPSA) is 63.6 Å². The van der Waals surface area contributed by atoms with Crippen molar-refractivity contribution in [1.29, 1.82) is 0 Å². The summed E-state index contributed by atoms with van der Waals surface area (Å²) in [6.07, 6.45) is 1.65. The van der Waals surface area contributed by atoms with Crippen molar-refractivity contribution in [3.63, 3.8) is 0 Å². The molecule has 8 heteroatoms. The number of carboxylic acids is 1. The second-order valence-electron chi connectivity index (χ2n) is 4.59. The summed E-state index contributed by atoms with van der Waals surface area (Å²) in [5.74, 6) is -2.16. The SMILES string of the molecule is CCC(CC)COC(=O)c1c(Cl)c(Cl)c(Cl)c(Cl)c1C(=O)O. The Balaban J connectivity index is 3.28. The fourth-order valence-electron chi connectivity index (χ4n) is 1.81. The van der Waals surface area contributed by atoms with Crippen LogP contribution in [-0.2, 0) is 4.74 Å². The minimum absolute atomic E-state index is 0.152. The number of benzene rings is 1. The lowest BCUT2D eigenvalue weighted by atomic mass is 10.0. The predicted octanol–water partition coefficient (Wildman–Crippen LogP) is 5.59.